The van der Waals surface area contributed by atoms with E-state index < -0.39 is 5.97 Å². The van der Waals surface area contributed by atoms with E-state index in [0.29, 0.717) is 17.7 Å². The summed E-state index contributed by atoms with van der Waals surface area (Å²) in [6.45, 7) is 4.87. The van der Waals surface area contributed by atoms with Gasteiger partial charge >= 0.3 is 5.97 Å². The predicted octanol–water partition coefficient (Wildman–Crippen LogP) is 3.62. The number of benzene rings is 1. The maximum Gasteiger partial charge on any atom is 0.355 e. The Morgan fingerprint density at radius 1 is 1.40 bits per heavy atom. The minimum Gasteiger partial charge on any atom is -0.493 e. The van der Waals surface area contributed by atoms with Crippen LogP contribution in [0.15, 0.2) is 29.6 Å². The Kier molecular flexibility index (Phi) is 4.57. The number of thiazole rings is 1. The molecule has 0 atom stereocenters. The molecule has 0 aliphatic heterocycles. The highest BCUT2D eigenvalue weighted by atomic mass is 32.1. The molecule has 0 amide bonds. The zero-order valence-electron chi connectivity index (χ0n) is 11.3. The Hall–Kier alpha value is -2.08. The molecule has 0 saturated heterocycles. The summed E-state index contributed by atoms with van der Waals surface area (Å²) < 4.78 is 5.59. The lowest BCUT2D eigenvalue weighted by Gasteiger charge is -2.09. The first-order valence-electron chi connectivity index (χ1n) is 6.23. The Bertz CT molecular complexity index is 578. The van der Waals surface area contributed by atoms with Crippen molar-refractivity contribution in [3.63, 3.8) is 0 Å². The van der Waals surface area contributed by atoms with E-state index in [1.54, 1.807) is 0 Å². The quantitative estimate of drug-likeness (QED) is 0.851. The Morgan fingerprint density at radius 3 is 2.65 bits per heavy atom. The number of rotatable bonds is 6. The van der Waals surface area contributed by atoms with E-state index in [1.807, 2.05) is 24.3 Å². The van der Waals surface area contributed by atoms with Gasteiger partial charge in [0.1, 0.15) is 5.75 Å². The molecular formula is C14H16N2O3S. The van der Waals surface area contributed by atoms with Gasteiger partial charge in [0.2, 0.25) is 0 Å². The maximum atomic E-state index is 10.7. The first kappa shape index (κ1) is 14.3. The minimum atomic E-state index is -1.02. The van der Waals surface area contributed by atoms with E-state index in [9.17, 15) is 4.79 Å². The number of aromatic carboxylic acids is 1. The number of aromatic nitrogens is 1. The Morgan fingerprint density at radius 2 is 2.10 bits per heavy atom. The van der Waals surface area contributed by atoms with E-state index in [0.717, 1.165) is 11.4 Å². The summed E-state index contributed by atoms with van der Waals surface area (Å²) in [5, 5.41) is 13.9. The number of carboxylic acids is 1. The monoisotopic (exact) mass is 292 g/mol. The molecule has 2 rings (SSSR count). The van der Waals surface area contributed by atoms with Gasteiger partial charge in [0, 0.05) is 11.1 Å². The zero-order valence-corrected chi connectivity index (χ0v) is 12.1. The fraction of sp³-hybridized carbons (Fsp3) is 0.286. The molecule has 6 heteroatoms. The molecule has 106 valence electrons. The first-order chi connectivity index (χ1) is 9.54. The lowest BCUT2D eigenvalue weighted by atomic mass is 10.2. The number of nitrogens with one attached hydrogen (secondary N) is 1. The molecule has 20 heavy (non-hydrogen) atoms. The van der Waals surface area contributed by atoms with Crippen LogP contribution in [-0.4, -0.2) is 22.7 Å². The highest BCUT2D eigenvalue weighted by Crippen LogP contribution is 2.23. The van der Waals surface area contributed by atoms with E-state index >= 15 is 0 Å². The number of carboxylic acid groups (broad SMARTS) is 1. The standard InChI is InChI=1S/C14H16N2O3S/c1-9(2)7-19-11-5-3-10(4-6-11)15-14-16-12(8-20-14)13(17)18/h3-6,8-9H,7H2,1-2H3,(H,15,16)(H,17,18). The third-order valence-corrected chi connectivity index (χ3v) is 3.17. The molecule has 1 aromatic carbocycles. The summed E-state index contributed by atoms with van der Waals surface area (Å²) in [4.78, 5) is 14.7. The van der Waals surface area contributed by atoms with Gasteiger partial charge in [0.05, 0.1) is 6.61 Å². The zero-order chi connectivity index (χ0) is 14.5. The highest BCUT2D eigenvalue weighted by molar-refractivity contribution is 7.14. The minimum absolute atomic E-state index is 0.0504. The van der Waals surface area contributed by atoms with Crippen molar-refractivity contribution in [2.24, 2.45) is 5.92 Å². The van der Waals surface area contributed by atoms with Crippen LogP contribution in [0.3, 0.4) is 0 Å². The van der Waals surface area contributed by atoms with Crippen LogP contribution in [0.5, 0.6) is 5.75 Å². The van der Waals surface area contributed by atoms with Crippen LogP contribution < -0.4 is 10.1 Å². The average Bonchev–Trinajstić information content (AvgIpc) is 2.86. The topological polar surface area (TPSA) is 71.5 Å². The van der Waals surface area contributed by atoms with Gasteiger partial charge in [-0.25, -0.2) is 9.78 Å². The van der Waals surface area contributed by atoms with Crippen LogP contribution in [0.2, 0.25) is 0 Å². The number of anilines is 2. The number of ether oxygens (including phenoxy) is 1. The van der Waals surface area contributed by atoms with Gasteiger partial charge in [-0.3, -0.25) is 0 Å². The van der Waals surface area contributed by atoms with Crippen molar-refractivity contribution >= 4 is 28.1 Å². The fourth-order valence-electron chi connectivity index (χ4n) is 1.45. The SMILES string of the molecule is CC(C)COc1ccc(Nc2nc(C(=O)O)cs2)cc1. The van der Waals surface area contributed by atoms with Crippen LogP contribution in [0, 0.1) is 5.92 Å². The lowest BCUT2D eigenvalue weighted by Crippen LogP contribution is -2.04. The van der Waals surface area contributed by atoms with Crippen molar-refractivity contribution in [3.8, 4) is 5.75 Å². The molecule has 1 heterocycles. The third-order valence-electron chi connectivity index (χ3n) is 2.41. The molecule has 1 aromatic heterocycles. The van der Waals surface area contributed by atoms with Gasteiger partial charge in [-0.2, -0.15) is 0 Å². The summed E-state index contributed by atoms with van der Waals surface area (Å²) >= 11 is 1.26. The van der Waals surface area contributed by atoms with Crippen molar-refractivity contribution in [1.29, 1.82) is 0 Å². The van der Waals surface area contributed by atoms with Crippen LogP contribution in [0.4, 0.5) is 10.8 Å². The Labute approximate surface area is 121 Å². The smallest absolute Gasteiger partial charge is 0.355 e. The van der Waals surface area contributed by atoms with Gasteiger partial charge in [-0.15, -0.1) is 11.3 Å². The van der Waals surface area contributed by atoms with Crippen molar-refractivity contribution in [2.45, 2.75) is 13.8 Å². The molecule has 0 fully saturated rings. The largest absolute Gasteiger partial charge is 0.493 e. The van der Waals surface area contributed by atoms with Crippen LogP contribution in [-0.2, 0) is 0 Å². The molecule has 0 radical (unpaired) electrons. The van der Waals surface area contributed by atoms with Crippen molar-refractivity contribution < 1.29 is 14.6 Å². The number of carbonyl (C=O) groups is 1. The lowest BCUT2D eigenvalue weighted by molar-refractivity contribution is 0.0691. The van der Waals surface area contributed by atoms with Gasteiger partial charge in [-0.05, 0) is 30.2 Å². The summed E-state index contributed by atoms with van der Waals surface area (Å²) in [6.07, 6.45) is 0. The maximum absolute atomic E-state index is 10.7. The second-order valence-corrected chi connectivity index (χ2v) is 5.56. The molecule has 0 bridgehead atoms. The van der Waals surface area contributed by atoms with Crippen molar-refractivity contribution in [1.82, 2.24) is 4.98 Å². The summed E-state index contributed by atoms with van der Waals surface area (Å²) in [5.41, 5.74) is 0.891. The molecule has 0 spiro atoms. The predicted molar refractivity (Wildman–Crippen MR) is 79.1 cm³/mol. The number of nitrogens with zero attached hydrogens (tertiary/aromatic N) is 1. The second kappa shape index (κ2) is 6.38. The molecule has 5 nitrogen and oxygen atoms in total. The molecular weight excluding hydrogens is 276 g/mol. The fourth-order valence-corrected chi connectivity index (χ4v) is 2.15. The van der Waals surface area contributed by atoms with Gasteiger partial charge in [0.15, 0.2) is 10.8 Å². The number of hydrogen-bond acceptors (Lipinski definition) is 5. The van der Waals surface area contributed by atoms with Crippen LogP contribution in [0.1, 0.15) is 24.3 Å². The molecule has 2 aromatic rings. The van der Waals surface area contributed by atoms with Crippen molar-refractivity contribution in [2.75, 3.05) is 11.9 Å². The van der Waals surface area contributed by atoms with Crippen molar-refractivity contribution in [3.05, 3.63) is 35.3 Å². The molecule has 0 unspecified atom stereocenters. The third kappa shape index (κ3) is 3.96. The summed E-state index contributed by atoms with van der Waals surface area (Å²) in [5.74, 6) is 0.277. The van der Waals surface area contributed by atoms with E-state index in [4.69, 9.17) is 9.84 Å². The van der Waals surface area contributed by atoms with E-state index in [-0.39, 0.29) is 5.69 Å². The molecule has 0 aliphatic carbocycles. The number of hydrogen-bond donors (Lipinski definition) is 2. The summed E-state index contributed by atoms with van der Waals surface area (Å²) in [6, 6.07) is 7.49. The summed E-state index contributed by atoms with van der Waals surface area (Å²) in [7, 11) is 0. The van der Waals surface area contributed by atoms with Crippen LogP contribution >= 0.6 is 11.3 Å². The Balaban J connectivity index is 1.97. The average molecular weight is 292 g/mol. The normalized spacial score (nSPS) is 10.6. The van der Waals surface area contributed by atoms with E-state index in [2.05, 4.69) is 24.1 Å². The van der Waals surface area contributed by atoms with Gasteiger partial charge in [-0.1, -0.05) is 13.8 Å². The van der Waals surface area contributed by atoms with Gasteiger partial charge < -0.3 is 15.2 Å². The highest BCUT2D eigenvalue weighted by Gasteiger charge is 2.08. The molecule has 0 aliphatic rings. The van der Waals surface area contributed by atoms with E-state index in [1.165, 1.54) is 16.7 Å². The first-order valence-corrected chi connectivity index (χ1v) is 7.11. The van der Waals surface area contributed by atoms with Gasteiger partial charge in [0.25, 0.3) is 0 Å². The van der Waals surface area contributed by atoms with Crippen LogP contribution in [0.25, 0.3) is 0 Å². The molecule has 2 N–H and O–H groups in total. The molecule has 0 saturated carbocycles. The second-order valence-electron chi connectivity index (χ2n) is 4.70.